The molecule has 6 aromatic carbocycles. The molecule has 0 aromatic heterocycles. The first-order chi connectivity index (χ1) is 50.9. The Bertz CT molecular complexity index is 3620. The van der Waals surface area contributed by atoms with Crippen molar-refractivity contribution in [2.24, 2.45) is 65.0 Å². The van der Waals surface area contributed by atoms with Crippen LogP contribution in [0.3, 0.4) is 0 Å². The van der Waals surface area contributed by atoms with E-state index in [-0.39, 0.29) is 80.4 Å². The average Bonchev–Trinajstić information content (AvgIpc) is 0.826. The molecule has 0 fully saturated rings. The van der Waals surface area contributed by atoms with E-state index in [1.807, 2.05) is 0 Å². The van der Waals surface area contributed by atoms with Gasteiger partial charge in [0, 0.05) is 117 Å². The van der Waals surface area contributed by atoms with Crippen molar-refractivity contribution >= 4 is 34.1 Å². The molecule has 0 spiro atoms. The number of hydrogen-bond acceptors (Lipinski definition) is 8. The summed E-state index contributed by atoms with van der Waals surface area (Å²) in [5, 5.41) is 36.0. The molecule has 0 amide bonds. The Morgan fingerprint density at radius 3 is 0.527 bits per heavy atom. The molecule has 0 N–H and O–H groups in total. The van der Waals surface area contributed by atoms with Crippen molar-refractivity contribution in [3.05, 3.63) is 257 Å². The maximum Gasteiger partial charge on any atom is 1.00 e. The smallest absolute Gasteiger partial charge is 0.350 e. The molecule has 2 aliphatic carbocycles. The van der Waals surface area contributed by atoms with Gasteiger partial charge in [0.2, 0.25) is 0 Å². The van der Waals surface area contributed by atoms with Gasteiger partial charge in [-0.25, -0.2) is 0 Å². The van der Waals surface area contributed by atoms with Crippen molar-refractivity contribution in [2.45, 2.75) is 305 Å². The van der Waals surface area contributed by atoms with E-state index >= 15 is 0 Å². The van der Waals surface area contributed by atoms with Crippen molar-refractivity contribution in [1.82, 2.24) is 0 Å². The Kier molecular flexibility index (Phi) is 46.5. The molecular weight excluding hydrogens is 1580 g/mol. The van der Waals surface area contributed by atoms with Gasteiger partial charge in [0.1, 0.15) is 12.1 Å². The quantitative estimate of drug-likeness (QED) is 0.0199. The van der Waals surface area contributed by atoms with Crippen molar-refractivity contribution in [3.63, 3.8) is 0 Å². The van der Waals surface area contributed by atoms with Crippen LogP contribution >= 0.6 is 0 Å². The van der Waals surface area contributed by atoms with E-state index in [9.17, 15) is 0 Å². The molecule has 112 heavy (non-hydrogen) atoms. The van der Waals surface area contributed by atoms with Gasteiger partial charge >= 0.3 is 34.1 Å². The molecule has 0 bridgehead atoms. The van der Waals surface area contributed by atoms with Crippen molar-refractivity contribution in [2.75, 3.05) is 0 Å². The minimum absolute atomic E-state index is 0. The Hall–Kier alpha value is -6.30. The number of rotatable bonds is 28. The van der Waals surface area contributed by atoms with E-state index in [2.05, 4.69) is 431 Å². The summed E-state index contributed by atoms with van der Waals surface area (Å²) in [5.41, 5.74) is 44.3. The summed E-state index contributed by atoms with van der Waals surface area (Å²) in [6, 6.07) is 38.5. The van der Waals surface area contributed by atoms with E-state index in [1.54, 1.807) is 0 Å². The summed E-state index contributed by atoms with van der Waals surface area (Å²) in [6.07, 6.45) is 13.0. The average molecular weight is 1710 g/mol. The number of hydrogen-bond donors (Lipinski definition) is 0. The third kappa shape index (κ3) is 29.2. The van der Waals surface area contributed by atoms with Crippen LogP contribution in [0.1, 0.15) is 359 Å². The second-order valence-corrected chi connectivity index (χ2v) is 34.2. The first-order valence-electron chi connectivity index (χ1n) is 40.7. The van der Waals surface area contributed by atoms with Crippen LogP contribution in [0.15, 0.2) is 197 Å². The van der Waals surface area contributed by atoms with Gasteiger partial charge in [-0.1, -0.05) is 275 Å². The molecule has 626 valence electrons. The summed E-state index contributed by atoms with van der Waals surface area (Å²) in [7, 11) is 0. The zero-order chi connectivity index (χ0) is 80.5. The second kappa shape index (κ2) is 50.2. The summed E-state index contributed by atoms with van der Waals surface area (Å²) in [5.74, 6) is 6.50. The maximum atomic E-state index is 4.69. The fourth-order valence-electron chi connectivity index (χ4n) is 13.8. The van der Waals surface area contributed by atoms with E-state index in [0.29, 0.717) is 94.7 Å². The van der Waals surface area contributed by atoms with Crippen LogP contribution in [0, 0.1) is 36.5 Å². The van der Waals surface area contributed by atoms with Gasteiger partial charge in [0.05, 0.1) is 0 Å². The molecule has 6 aromatic rings. The Balaban J connectivity index is 0.000000738. The number of allylic oxidation sites excluding steroid dienone is 4. The minimum Gasteiger partial charge on any atom is -0.350 e. The zero-order valence-electron chi connectivity index (χ0n) is 73.8. The van der Waals surface area contributed by atoms with Gasteiger partial charge in [-0.15, -0.1) is 0 Å². The fraction of sp³-hybridized carbons (Fsp3) is 0.521. The summed E-state index contributed by atoms with van der Waals surface area (Å²) < 4.78 is 0. The SMILES string of the molecule is CC(C)C1=C[CH+]C=C(C(C)C)C1N=N[N-]c1c(C(C)C)cccc1C(C)C.CC(C)C1=C[CH+]C=C(C(C)C)C1N=N[N-]c1c(C(C)C)cccc1C(C)C.CC(C)c1cccc(C(C)C)c1N=N[N-]c1c(C(C)C)cccc1C(C)C.CC(C)c1cccc(C(C)C)c1N=N[N-]c1c(C(C)C)cccc1C(C)C.[Cu+].[Cu+].[Cu].[Cu]. The van der Waals surface area contributed by atoms with Gasteiger partial charge < -0.3 is 42.2 Å². The van der Waals surface area contributed by atoms with E-state index in [1.165, 1.54) is 89.1 Å². The molecule has 16 heteroatoms. The molecule has 2 aliphatic rings. The summed E-state index contributed by atoms with van der Waals surface area (Å²) >= 11 is 0. The molecule has 12 nitrogen and oxygen atoms in total. The minimum atomic E-state index is -0.00698. The van der Waals surface area contributed by atoms with Crippen LogP contribution < -0.4 is 0 Å². The van der Waals surface area contributed by atoms with Crippen molar-refractivity contribution < 1.29 is 68.3 Å². The number of benzene rings is 6. The third-order valence-corrected chi connectivity index (χ3v) is 20.3. The molecule has 0 aliphatic heterocycles. The van der Waals surface area contributed by atoms with Gasteiger partial charge in [0.25, 0.3) is 0 Å². The standard InChI is InChI=1S/2C24H35N3.2C24H34N3.4Cu/c4*1-15(2)19-11-9-12-20(16(3)4)23(19)25-27-26-24-21(17(5)6)13-10-14-22(24)18(7)8;;;;/h2*9-18,23H,1-8H3;2*9-18H,1-8H3;;;;/q;;2*-1;;;2*+1. The van der Waals surface area contributed by atoms with E-state index < -0.39 is 0 Å². The summed E-state index contributed by atoms with van der Waals surface area (Å²) in [6.45, 7) is 70.4. The van der Waals surface area contributed by atoms with Gasteiger partial charge in [-0.3, -0.25) is 20.9 Å². The van der Waals surface area contributed by atoms with Crippen LogP contribution in [-0.4, -0.2) is 12.1 Å². The molecule has 0 heterocycles. The topological polar surface area (TPSA) is 155 Å². The normalized spacial score (nSPS) is 13.4. The predicted octanol–water partition coefficient (Wildman–Crippen LogP) is 33.9. The fourth-order valence-corrected chi connectivity index (χ4v) is 13.8. The first kappa shape index (κ1) is 104. The molecule has 0 saturated heterocycles. The third-order valence-electron chi connectivity index (χ3n) is 20.3. The van der Waals surface area contributed by atoms with Crippen LogP contribution in [0.2, 0.25) is 0 Å². The first-order valence-corrected chi connectivity index (χ1v) is 40.7. The van der Waals surface area contributed by atoms with E-state index in [4.69, 9.17) is 0 Å². The van der Waals surface area contributed by atoms with Gasteiger partial charge in [-0.05, 0) is 227 Å². The summed E-state index contributed by atoms with van der Waals surface area (Å²) in [4.78, 5) is 0. The number of nitrogens with zero attached hydrogens (tertiary/aromatic N) is 12. The predicted molar refractivity (Wildman–Crippen MR) is 466 cm³/mol. The monoisotopic (exact) mass is 1710 g/mol. The van der Waals surface area contributed by atoms with Crippen molar-refractivity contribution in [1.29, 1.82) is 0 Å². The molecule has 0 unspecified atom stereocenters. The van der Waals surface area contributed by atoms with Gasteiger partial charge in [-0.2, -0.15) is 0 Å². The molecule has 0 saturated carbocycles. The van der Waals surface area contributed by atoms with Gasteiger partial charge in [0.15, 0.2) is 0 Å². The maximum absolute atomic E-state index is 4.69. The Morgan fingerprint density at radius 2 is 0.375 bits per heavy atom. The van der Waals surface area contributed by atoms with Crippen LogP contribution in [0.5, 0.6) is 0 Å². The Labute approximate surface area is 723 Å². The van der Waals surface area contributed by atoms with Crippen LogP contribution in [0.4, 0.5) is 34.1 Å². The molecule has 2 radical (unpaired) electrons. The molecule has 8 rings (SSSR count). The van der Waals surface area contributed by atoms with E-state index in [0.717, 1.165) is 34.1 Å². The van der Waals surface area contributed by atoms with Crippen molar-refractivity contribution in [3.8, 4) is 0 Å². The largest absolute Gasteiger partial charge is 1.00 e. The second-order valence-electron chi connectivity index (χ2n) is 34.2. The Morgan fingerprint density at radius 1 is 0.223 bits per heavy atom. The zero-order valence-corrected chi connectivity index (χ0v) is 77.6. The molecular formula is C96H138Cu4N12. The van der Waals surface area contributed by atoms with Crippen LogP contribution in [-0.2, 0) is 68.3 Å². The van der Waals surface area contributed by atoms with Crippen LogP contribution in [0.25, 0.3) is 21.7 Å². The molecule has 0 atom stereocenters.